The molecule has 1 amide bonds. The summed E-state index contributed by atoms with van der Waals surface area (Å²) in [5.74, 6) is 1.31. The molecule has 3 rings (SSSR count). The van der Waals surface area contributed by atoms with E-state index in [1.54, 1.807) is 12.3 Å². The summed E-state index contributed by atoms with van der Waals surface area (Å²) in [6, 6.07) is 5.61. The Morgan fingerprint density at radius 3 is 2.86 bits per heavy atom. The number of carbonyl (C=O) groups excluding carboxylic acids is 1. The summed E-state index contributed by atoms with van der Waals surface area (Å²) in [7, 11) is 0. The SMILES string of the molecule is CC(C)CC(=O)N(Cc1nccn1Cc1ccc(Cl)c(Cl)c1)CC1CCCO1. The van der Waals surface area contributed by atoms with Crippen LogP contribution in [0.2, 0.25) is 10.0 Å². The second-order valence-corrected chi connectivity index (χ2v) is 8.54. The van der Waals surface area contributed by atoms with Crippen LogP contribution in [-0.4, -0.2) is 39.6 Å². The van der Waals surface area contributed by atoms with Gasteiger partial charge in [-0.1, -0.05) is 43.1 Å². The Bertz CT molecular complexity index is 801. The average Bonchev–Trinajstić information content (AvgIpc) is 3.29. The molecule has 1 aliphatic rings. The predicted octanol–water partition coefficient (Wildman–Crippen LogP) is 4.79. The van der Waals surface area contributed by atoms with Crippen molar-refractivity contribution >= 4 is 29.1 Å². The Balaban J connectivity index is 1.73. The zero-order chi connectivity index (χ0) is 20.1. The molecular formula is C21H27Cl2N3O2. The zero-order valence-corrected chi connectivity index (χ0v) is 17.9. The lowest BCUT2D eigenvalue weighted by Gasteiger charge is -2.26. The van der Waals surface area contributed by atoms with Crippen LogP contribution in [0.1, 0.15) is 44.5 Å². The lowest BCUT2D eigenvalue weighted by Crippen LogP contribution is -2.38. The topological polar surface area (TPSA) is 47.4 Å². The molecule has 1 unspecified atom stereocenters. The molecule has 1 saturated heterocycles. The van der Waals surface area contributed by atoms with Gasteiger partial charge in [0.2, 0.25) is 5.91 Å². The van der Waals surface area contributed by atoms with Crippen molar-refractivity contribution in [3.63, 3.8) is 0 Å². The lowest BCUT2D eigenvalue weighted by atomic mass is 10.1. The van der Waals surface area contributed by atoms with Crippen LogP contribution >= 0.6 is 23.2 Å². The van der Waals surface area contributed by atoms with Gasteiger partial charge in [-0.05, 0) is 36.5 Å². The standard InChI is InChI=1S/C21H27Cl2N3O2/c1-15(2)10-21(27)26(13-17-4-3-9-28-17)14-20-24-7-8-25(20)12-16-5-6-18(22)19(23)11-16/h5-8,11,15,17H,3-4,9-10,12-14H2,1-2H3. The van der Waals surface area contributed by atoms with Crippen LogP contribution in [0.4, 0.5) is 0 Å². The van der Waals surface area contributed by atoms with E-state index in [0.717, 1.165) is 30.8 Å². The largest absolute Gasteiger partial charge is 0.376 e. The second kappa shape index (κ2) is 9.77. The highest BCUT2D eigenvalue weighted by Gasteiger charge is 2.24. The number of imidazole rings is 1. The molecule has 0 spiro atoms. The summed E-state index contributed by atoms with van der Waals surface area (Å²) in [6.07, 6.45) is 6.40. The minimum Gasteiger partial charge on any atom is -0.376 e. The number of rotatable bonds is 8. The van der Waals surface area contributed by atoms with Gasteiger partial charge in [-0.15, -0.1) is 0 Å². The normalized spacial score (nSPS) is 16.7. The van der Waals surface area contributed by atoms with Crippen LogP contribution in [0.25, 0.3) is 0 Å². The number of nitrogens with zero attached hydrogens (tertiary/aromatic N) is 3. The first kappa shape index (κ1) is 21.2. The first-order valence-electron chi connectivity index (χ1n) is 9.75. The molecule has 152 valence electrons. The van der Waals surface area contributed by atoms with E-state index >= 15 is 0 Å². The smallest absolute Gasteiger partial charge is 0.223 e. The molecule has 1 aromatic heterocycles. The highest BCUT2D eigenvalue weighted by atomic mass is 35.5. The third kappa shape index (κ3) is 5.72. The number of ether oxygens (including phenoxy) is 1. The van der Waals surface area contributed by atoms with Gasteiger partial charge in [0, 0.05) is 38.5 Å². The number of amides is 1. The molecule has 1 atom stereocenters. The van der Waals surface area contributed by atoms with Gasteiger partial charge in [-0.3, -0.25) is 4.79 Å². The predicted molar refractivity (Wildman–Crippen MR) is 112 cm³/mol. The van der Waals surface area contributed by atoms with Gasteiger partial charge in [0.05, 0.1) is 22.7 Å². The van der Waals surface area contributed by atoms with Crippen molar-refractivity contribution in [2.24, 2.45) is 5.92 Å². The summed E-state index contributed by atoms with van der Waals surface area (Å²) in [5, 5.41) is 1.08. The van der Waals surface area contributed by atoms with E-state index in [9.17, 15) is 4.79 Å². The molecular weight excluding hydrogens is 397 g/mol. The molecule has 2 heterocycles. The van der Waals surface area contributed by atoms with Gasteiger partial charge in [0.15, 0.2) is 0 Å². The van der Waals surface area contributed by atoms with Gasteiger partial charge < -0.3 is 14.2 Å². The van der Waals surface area contributed by atoms with E-state index < -0.39 is 0 Å². The van der Waals surface area contributed by atoms with Crippen LogP contribution in [0.3, 0.4) is 0 Å². The zero-order valence-electron chi connectivity index (χ0n) is 16.4. The van der Waals surface area contributed by atoms with Crippen molar-refractivity contribution in [1.82, 2.24) is 14.5 Å². The quantitative estimate of drug-likeness (QED) is 0.612. The summed E-state index contributed by atoms with van der Waals surface area (Å²) < 4.78 is 7.81. The summed E-state index contributed by atoms with van der Waals surface area (Å²) >= 11 is 12.2. The molecule has 7 heteroatoms. The highest BCUT2D eigenvalue weighted by molar-refractivity contribution is 6.42. The fourth-order valence-corrected chi connectivity index (χ4v) is 3.73. The van der Waals surface area contributed by atoms with E-state index in [0.29, 0.717) is 42.0 Å². The maximum atomic E-state index is 12.8. The van der Waals surface area contributed by atoms with E-state index in [1.165, 1.54) is 0 Å². The molecule has 5 nitrogen and oxygen atoms in total. The van der Waals surface area contributed by atoms with Crippen molar-refractivity contribution in [3.8, 4) is 0 Å². The average molecular weight is 424 g/mol. The second-order valence-electron chi connectivity index (χ2n) is 7.73. The molecule has 0 radical (unpaired) electrons. The highest BCUT2D eigenvalue weighted by Crippen LogP contribution is 2.23. The Labute approximate surface area is 176 Å². The third-order valence-electron chi connectivity index (χ3n) is 4.85. The monoisotopic (exact) mass is 423 g/mol. The number of hydrogen-bond acceptors (Lipinski definition) is 3. The molecule has 1 aromatic carbocycles. The lowest BCUT2D eigenvalue weighted by molar-refractivity contribution is -0.134. The number of carbonyl (C=O) groups is 1. The van der Waals surface area contributed by atoms with Crippen LogP contribution in [0.15, 0.2) is 30.6 Å². The molecule has 0 bridgehead atoms. The van der Waals surface area contributed by atoms with Gasteiger partial charge >= 0.3 is 0 Å². The van der Waals surface area contributed by atoms with Crippen LogP contribution in [0.5, 0.6) is 0 Å². The van der Waals surface area contributed by atoms with Crippen LogP contribution in [0, 0.1) is 5.92 Å². The summed E-state index contributed by atoms with van der Waals surface area (Å²) in [5.41, 5.74) is 1.04. The van der Waals surface area contributed by atoms with Gasteiger partial charge in [0.25, 0.3) is 0 Å². The Morgan fingerprint density at radius 1 is 1.36 bits per heavy atom. The maximum absolute atomic E-state index is 12.8. The van der Waals surface area contributed by atoms with Gasteiger partial charge in [0.1, 0.15) is 5.82 Å². The number of hydrogen-bond donors (Lipinski definition) is 0. The fraction of sp³-hybridized carbons (Fsp3) is 0.524. The summed E-state index contributed by atoms with van der Waals surface area (Å²) in [6.45, 7) is 6.62. The molecule has 1 aliphatic heterocycles. The molecule has 0 N–H and O–H groups in total. The minimum absolute atomic E-state index is 0.120. The van der Waals surface area contributed by atoms with E-state index in [2.05, 4.69) is 18.8 Å². The Kier molecular flexibility index (Phi) is 7.38. The minimum atomic E-state index is 0.120. The first-order valence-corrected chi connectivity index (χ1v) is 10.5. The van der Waals surface area contributed by atoms with Crippen LogP contribution < -0.4 is 0 Å². The van der Waals surface area contributed by atoms with Crippen molar-refractivity contribution in [1.29, 1.82) is 0 Å². The van der Waals surface area contributed by atoms with Gasteiger partial charge in [-0.2, -0.15) is 0 Å². The molecule has 28 heavy (non-hydrogen) atoms. The van der Waals surface area contributed by atoms with E-state index in [1.807, 2.05) is 27.8 Å². The number of benzene rings is 1. The Hall–Kier alpha value is -1.56. The molecule has 0 aliphatic carbocycles. The van der Waals surface area contributed by atoms with E-state index in [-0.39, 0.29) is 12.0 Å². The molecule has 2 aromatic rings. The van der Waals surface area contributed by atoms with Crippen molar-refractivity contribution in [2.75, 3.05) is 13.2 Å². The van der Waals surface area contributed by atoms with Gasteiger partial charge in [-0.25, -0.2) is 4.98 Å². The number of halogens is 2. The molecule has 1 fully saturated rings. The van der Waals surface area contributed by atoms with Crippen molar-refractivity contribution in [3.05, 3.63) is 52.0 Å². The maximum Gasteiger partial charge on any atom is 0.223 e. The molecule has 0 saturated carbocycles. The van der Waals surface area contributed by atoms with E-state index in [4.69, 9.17) is 27.9 Å². The first-order chi connectivity index (χ1) is 13.4. The fourth-order valence-electron chi connectivity index (χ4n) is 3.41. The Morgan fingerprint density at radius 2 is 2.18 bits per heavy atom. The summed E-state index contributed by atoms with van der Waals surface area (Å²) in [4.78, 5) is 19.2. The van der Waals surface area contributed by atoms with Crippen LogP contribution in [-0.2, 0) is 22.6 Å². The number of aromatic nitrogens is 2. The van der Waals surface area contributed by atoms with Crippen molar-refractivity contribution in [2.45, 2.75) is 52.3 Å². The third-order valence-corrected chi connectivity index (χ3v) is 5.59. The van der Waals surface area contributed by atoms with Crippen molar-refractivity contribution < 1.29 is 9.53 Å².